The summed E-state index contributed by atoms with van der Waals surface area (Å²) in [4.78, 5) is 11.5. The van der Waals surface area contributed by atoms with Crippen molar-refractivity contribution in [2.24, 2.45) is 0 Å². The lowest BCUT2D eigenvalue weighted by Gasteiger charge is -2.32. The molecule has 0 bridgehead atoms. The predicted molar refractivity (Wildman–Crippen MR) is 84.8 cm³/mol. The van der Waals surface area contributed by atoms with E-state index >= 15 is 0 Å². The smallest absolute Gasteiger partial charge is 0.264 e. The van der Waals surface area contributed by atoms with E-state index in [4.69, 9.17) is 4.55 Å². The fourth-order valence-corrected chi connectivity index (χ4v) is 2.72. The van der Waals surface area contributed by atoms with Crippen LogP contribution in [0, 0.1) is 0 Å². The van der Waals surface area contributed by atoms with Crippen molar-refractivity contribution in [3.8, 4) is 0 Å². The van der Waals surface area contributed by atoms with Crippen molar-refractivity contribution in [1.29, 1.82) is 0 Å². The average Bonchev–Trinajstić information content (AvgIpc) is 2.43. The maximum absolute atomic E-state index is 11.5. The molecule has 0 unspecified atom stereocenters. The first-order valence-electron chi connectivity index (χ1n) is 7.39. The normalized spacial score (nSPS) is 12.1. The quantitative estimate of drug-likeness (QED) is 0.288. The van der Waals surface area contributed by atoms with E-state index < -0.39 is 10.1 Å². The van der Waals surface area contributed by atoms with Crippen molar-refractivity contribution in [2.75, 3.05) is 18.8 Å². The Labute approximate surface area is 128 Å². The second-order valence-electron chi connectivity index (χ2n) is 5.17. The van der Waals surface area contributed by atoms with Crippen molar-refractivity contribution >= 4 is 16.0 Å². The van der Waals surface area contributed by atoms with Gasteiger partial charge in [0.1, 0.15) is 0 Å². The van der Waals surface area contributed by atoms with Crippen molar-refractivity contribution in [2.45, 2.75) is 51.5 Å². The standard InChI is InChI=1S/C14H28N2O4S/c1-4-13(17)16-14(5-2,6-3)9-7-10-15-11-8-12-21(18,19)20/h4,15H,1,5-12H2,2-3H3,(H,16,17)(H,18,19,20). The van der Waals surface area contributed by atoms with Crippen LogP contribution in [-0.2, 0) is 14.9 Å². The zero-order valence-corrected chi connectivity index (χ0v) is 13.8. The van der Waals surface area contributed by atoms with Gasteiger partial charge in [-0.15, -0.1) is 0 Å². The monoisotopic (exact) mass is 320 g/mol. The van der Waals surface area contributed by atoms with Gasteiger partial charge in [-0.2, -0.15) is 8.42 Å². The molecule has 0 saturated carbocycles. The Morgan fingerprint density at radius 3 is 2.29 bits per heavy atom. The molecule has 3 N–H and O–H groups in total. The minimum absolute atomic E-state index is 0.153. The Bertz CT molecular complexity index is 417. The van der Waals surface area contributed by atoms with Crippen molar-refractivity contribution in [3.63, 3.8) is 0 Å². The Morgan fingerprint density at radius 2 is 1.81 bits per heavy atom. The summed E-state index contributed by atoms with van der Waals surface area (Å²) >= 11 is 0. The summed E-state index contributed by atoms with van der Waals surface area (Å²) in [6, 6.07) is 0. The van der Waals surface area contributed by atoms with Crippen LogP contribution in [0.3, 0.4) is 0 Å². The summed E-state index contributed by atoms with van der Waals surface area (Å²) in [5.41, 5.74) is -0.207. The molecule has 0 heterocycles. The van der Waals surface area contributed by atoms with Crippen molar-refractivity contribution < 1.29 is 17.8 Å². The molecule has 0 spiro atoms. The average molecular weight is 320 g/mol. The highest BCUT2D eigenvalue weighted by Crippen LogP contribution is 2.21. The molecule has 0 radical (unpaired) electrons. The first-order chi connectivity index (χ1) is 9.78. The van der Waals surface area contributed by atoms with Crippen LogP contribution >= 0.6 is 0 Å². The maximum Gasteiger partial charge on any atom is 0.264 e. The molecular formula is C14H28N2O4S. The van der Waals surface area contributed by atoms with Gasteiger partial charge in [0, 0.05) is 5.54 Å². The third-order valence-electron chi connectivity index (χ3n) is 3.69. The van der Waals surface area contributed by atoms with Gasteiger partial charge in [0.05, 0.1) is 5.75 Å². The van der Waals surface area contributed by atoms with Crippen LogP contribution < -0.4 is 10.6 Å². The van der Waals surface area contributed by atoms with E-state index in [1.165, 1.54) is 6.08 Å². The molecule has 0 rings (SSSR count). The zero-order valence-electron chi connectivity index (χ0n) is 13.0. The highest BCUT2D eigenvalue weighted by Gasteiger charge is 2.26. The highest BCUT2D eigenvalue weighted by molar-refractivity contribution is 7.85. The van der Waals surface area contributed by atoms with Crippen LogP contribution in [0.25, 0.3) is 0 Å². The number of amides is 1. The SMILES string of the molecule is C=CC(=O)NC(CC)(CC)CCCNCCCS(=O)(=O)O. The molecule has 21 heavy (non-hydrogen) atoms. The molecule has 0 aliphatic rings. The van der Waals surface area contributed by atoms with E-state index in [1.54, 1.807) is 0 Å². The Morgan fingerprint density at radius 1 is 1.24 bits per heavy atom. The largest absolute Gasteiger partial charge is 0.347 e. The lowest BCUT2D eigenvalue weighted by molar-refractivity contribution is -0.118. The van der Waals surface area contributed by atoms with E-state index in [1.807, 2.05) is 13.8 Å². The third kappa shape index (κ3) is 9.60. The number of carbonyl (C=O) groups is 1. The molecular weight excluding hydrogens is 292 g/mol. The summed E-state index contributed by atoms with van der Waals surface area (Å²) in [6.07, 6.45) is 5.11. The minimum Gasteiger partial charge on any atom is -0.347 e. The minimum atomic E-state index is -3.86. The first-order valence-corrected chi connectivity index (χ1v) is 9.00. The van der Waals surface area contributed by atoms with Gasteiger partial charge in [-0.05, 0) is 51.3 Å². The number of hydrogen-bond donors (Lipinski definition) is 3. The second kappa shape index (κ2) is 9.92. The van der Waals surface area contributed by atoms with E-state index in [0.29, 0.717) is 13.0 Å². The van der Waals surface area contributed by atoms with Crippen LogP contribution in [0.1, 0.15) is 46.0 Å². The molecule has 0 fully saturated rings. The molecule has 0 saturated heterocycles. The zero-order chi connectivity index (χ0) is 16.4. The van der Waals surface area contributed by atoms with Gasteiger partial charge in [-0.1, -0.05) is 20.4 Å². The number of carbonyl (C=O) groups excluding carboxylic acids is 1. The Balaban J connectivity index is 3.99. The van der Waals surface area contributed by atoms with E-state index in [9.17, 15) is 13.2 Å². The molecule has 6 nitrogen and oxygen atoms in total. The summed E-state index contributed by atoms with van der Waals surface area (Å²) in [6.45, 7) is 8.86. The molecule has 0 aromatic heterocycles. The van der Waals surface area contributed by atoms with E-state index in [2.05, 4.69) is 17.2 Å². The van der Waals surface area contributed by atoms with Gasteiger partial charge >= 0.3 is 0 Å². The predicted octanol–water partition coefficient (Wildman–Crippen LogP) is 1.50. The van der Waals surface area contributed by atoms with Gasteiger partial charge in [0.15, 0.2) is 0 Å². The van der Waals surface area contributed by atoms with Crippen LogP contribution in [0.2, 0.25) is 0 Å². The maximum atomic E-state index is 11.5. The highest BCUT2D eigenvalue weighted by atomic mass is 32.2. The molecule has 0 aromatic rings. The number of nitrogens with one attached hydrogen (secondary N) is 2. The van der Waals surface area contributed by atoms with Gasteiger partial charge < -0.3 is 10.6 Å². The first kappa shape index (κ1) is 20.1. The Hall–Kier alpha value is -0.920. The molecule has 0 aliphatic heterocycles. The molecule has 1 amide bonds. The van der Waals surface area contributed by atoms with Gasteiger partial charge in [0.25, 0.3) is 10.1 Å². The van der Waals surface area contributed by atoms with Crippen molar-refractivity contribution in [1.82, 2.24) is 10.6 Å². The van der Waals surface area contributed by atoms with Gasteiger partial charge in [-0.25, -0.2) is 0 Å². The lowest BCUT2D eigenvalue weighted by atomic mass is 9.87. The summed E-state index contributed by atoms with van der Waals surface area (Å²) < 4.78 is 29.7. The second-order valence-corrected chi connectivity index (χ2v) is 6.75. The van der Waals surface area contributed by atoms with Crippen LogP contribution in [0.15, 0.2) is 12.7 Å². The summed E-state index contributed by atoms with van der Waals surface area (Å²) in [5.74, 6) is -0.372. The summed E-state index contributed by atoms with van der Waals surface area (Å²) in [7, 11) is -3.86. The van der Waals surface area contributed by atoms with Crippen LogP contribution in [0.4, 0.5) is 0 Å². The van der Waals surface area contributed by atoms with E-state index in [0.717, 1.165) is 32.2 Å². The van der Waals surface area contributed by atoms with Crippen LogP contribution in [0.5, 0.6) is 0 Å². The summed E-state index contributed by atoms with van der Waals surface area (Å²) in [5, 5.41) is 6.14. The fraction of sp³-hybridized carbons (Fsp3) is 0.786. The lowest BCUT2D eigenvalue weighted by Crippen LogP contribution is -2.47. The number of rotatable bonds is 12. The van der Waals surface area contributed by atoms with Gasteiger partial charge in [0.2, 0.25) is 5.91 Å². The fourth-order valence-electron chi connectivity index (χ4n) is 2.21. The molecule has 0 atom stereocenters. The molecule has 124 valence electrons. The van der Waals surface area contributed by atoms with Gasteiger partial charge in [-0.3, -0.25) is 9.35 Å². The number of hydrogen-bond acceptors (Lipinski definition) is 4. The van der Waals surface area contributed by atoms with Crippen LogP contribution in [-0.4, -0.2) is 43.3 Å². The molecule has 0 aliphatic carbocycles. The topological polar surface area (TPSA) is 95.5 Å². The van der Waals surface area contributed by atoms with Crippen molar-refractivity contribution in [3.05, 3.63) is 12.7 Å². The third-order valence-corrected chi connectivity index (χ3v) is 4.50. The molecule has 7 heteroatoms. The Kier molecular flexibility index (Phi) is 9.48. The van der Waals surface area contributed by atoms with E-state index in [-0.39, 0.29) is 17.2 Å². The molecule has 0 aromatic carbocycles.